The summed E-state index contributed by atoms with van der Waals surface area (Å²) in [5.41, 5.74) is 1.75. The predicted octanol–water partition coefficient (Wildman–Crippen LogP) is 1.23. The lowest BCUT2D eigenvalue weighted by Crippen LogP contribution is -2.41. The van der Waals surface area contributed by atoms with E-state index < -0.39 is 0 Å². The molecule has 1 aromatic heterocycles. The second-order valence-corrected chi connectivity index (χ2v) is 6.05. The summed E-state index contributed by atoms with van der Waals surface area (Å²) in [6.07, 6.45) is 2.04. The van der Waals surface area contributed by atoms with Crippen LogP contribution in [0.15, 0.2) is 36.5 Å². The van der Waals surface area contributed by atoms with E-state index >= 15 is 0 Å². The highest BCUT2D eigenvalue weighted by Crippen LogP contribution is 2.12. The van der Waals surface area contributed by atoms with Gasteiger partial charge in [-0.3, -0.25) is 9.59 Å². The highest BCUT2D eigenvalue weighted by molar-refractivity contribution is 5.95. The van der Waals surface area contributed by atoms with Crippen molar-refractivity contribution in [2.75, 3.05) is 32.8 Å². The normalized spacial score (nSPS) is 14.1. The molecule has 0 bridgehead atoms. The summed E-state index contributed by atoms with van der Waals surface area (Å²) in [6.45, 7) is 4.40. The summed E-state index contributed by atoms with van der Waals surface area (Å²) < 4.78 is 5.30. The van der Waals surface area contributed by atoms with Gasteiger partial charge in [-0.2, -0.15) is 0 Å². The molecular formula is C19H22N4O3. The minimum Gasteiger partial charge on any atom is -0.378 e. The van der Waals surface area contributed by atoms with Gasteiger partial charge in [-0.15, -0.1) is 0 Å². The van der Waals surface area contributed by atoms with Crippen molar-refractivity contribution in [3.05, 3.63) is 59.2 Å². The van der Waals surface area contributed by atoms with E-state index in [1.54, 1.807) is 30.2 Å². The molecule has 136 valence electrons. The molecule has 2 aromatic rings. The first-order chi connectivity index (χ1) is 12.6. The second-order valence-electron chi connectivity index (χ2n) is 6.05. The first-order valence-corrected chi connectivity index (χ1v) is 8.68. The van der Waals surface area contributed by atoms with E-state index in [2.05, 4.69) is 15.3 Å². The van der Waals surface area contributed by atoms with Gasteiger partial charge in [0.25, 0.3) is 11.8 Å². The van der Waals surface area contributed by atoms with Crippen molar-refractivity contribution in [2.24, 2.45) is 0 Å². The topological polar surface area (TPSA) is 84.4 Å². The molecule has 1 N–H and O–H groups in total. The molecular weight excluding hydrogens is 332 g/mol. The Hall–Kier alpha value is -2.80. The van der Waals surface area contributed by atoms with Crippen LogP contribution in [-0.2, 0) is 11.2 Å². The van der Waals surface area contributed by atoms with Gasteiger partial charge in [0.05, 0.1) is 24.5 Å². The number of aromatic nitrogens is 2. The van der Waals surface area contributed by atoms with Crippen LogP contribution >= 0.6 is 0 Å². The molecule has 0 unspecified atom stereocenters. The van der Waals surface area contributed by atoms with Crippen LogP contribution in [0.2, 0.25) is 0 Å². The number of rotatable bonds is 5. The fourth-order valence-electron chi connectivity index (χ4n) is 2.81. The van der Waals surface area contributed by atoms with Crippen LogP contribution in [0.4, 0.5) is 0 Å². The summed E-state index contributed by atoms with van der Waals surface area (Å²) >= 11 is 0. The summed E-state index contributed by atoms with van der Waals surface area (Å²) in [7, 11) is 0. The number of carbonyl (C=O) groups excluding carboxylic acids is 2. The van der Waals surface area contributed by atoms with Gasteiger partial charge in [0.2, 0.25) is 0 Å². The lowest BCUT2D eigenvalue weighted by atomic mass is 10.1. The molecule has 1 fully saturated rings. The van der Waals surface area contributed by atoms with E-state index in [4.69, 9.17) is 4.74 Å². The number of hydrogen-bond donors (Lipinski definition) is 1. The molecule has 2 heterocycles. The number of aryl methyl sites for hydroxylation is 1. The summed E-state index contributed by atoms with van der Waals surface area (Å²) in [6, 6.07) is 9.03. The monoisotopic (exact) mass is 354 g/mol. The van der Waals surface area contributed by atoms with Gasteiger partial charge in [0, 0.05) is 37.8 Å². The molecule has 7 nitrogen and oxygen atoms in total. The zero-order valence-corrected chi connectivity index (χ0v) is 14.8. The van der Waals surface area contributed by atoms with Crippen molar-refractivity contribution in [1.29, 1.82) is 0 Å². The van der Waals surface area contributed by atoms with Crippen molar-refractivity contribution in [1.82, 2.24) is 20.2 Å². The Morgan fingerprint density at radius 2 is 1.92 bits per heavy atom. The first kappa shape index (κ1) is 18.0. The number of benzene rings is 1. The standard InChI is InChI=1S/C19H22N4O3/c1-14-21-13-16(19(25)23-9-11-26-12-10-23)17(22-14)7-8-20-18(24)15-5-3-2-4-6-15/h2-6,13H,7-12H2,1H3,(H,20,24). The number of morpholine rings is 1. The van der Waals surface area contributed by atoms with Gasteiger partial charge in [-0.25, -0.2) is 9.97 Å². The van der Waals surface area contributed by atoms with Crippen LogP contribution in [-0.4, -0.2) is 59.5 Å². The van der Waals surface area contributed by atoms with Crippen LogP contribution in [0.3, 0.4) is 0 Å². The molecule has 2 amide bonds. The third-order valence-electron chi connectivity index (χ3n) is 4.20. The van der Waals surface area contributed by atoms with E-state index in [9.17, 15) is 9.59 Å². The minimum absolute atomic E-state index is 0.0855. The Bertz CT molecular complexity index is 774. The molecule has 0 spiro atoms. The molecule has 0 radical (unpaired) electrons. The van der Waals surface area contributed by atoms with E-state index in [0.29, 0.717) is 61.9 Å². The van der Waals surface area contributed by atoms with Crippen molar-refractivity contribution in [2.45, 2.75) is 13.3 Å². The van der Waals surface area contributed by atoms with Gasteiger partial charge in [0.15, 0.2) is 0 Å². The molecule has 1 aromatic carbocycles. The largest absolute Gasteiger partial charge is 0.378 e. The molecule has 0 atom stereocenters. The fraction of sp³-hybridized carbons (Fsp3) is 0.368. The number of ether oxygens (including phenoxy) is 1. The third kappa shape index (κ3) is 4.43. The van der Waals surface area contributed by atoms with Crippen LogP contribution in [0.1, 0.15) is 32.2 Å². The van der Waals surface area contributed by atoms with Crippen LogP contribution < -0.4 is 5.32 Å². The fourth-order valence-corrected chi connectivity index (χ4v) is 2.81. The average molecular weight is 354 g/mol. The zero-order valence-electron chi connectivity index (χ0n) is 14.8. The van der Waals surface area contributed by atoms with Crippen molar-refractivity contribution >= 4 is 11.8 Å². The Balaban J connectivity index is 1.66. The molecule has 3 rings (SSSR count). The molecule has 0 aliphatic carbocycles. The Kier molecular flexibility index (Phi) is 5.91. The zero-order chi connectivity index (χ0) is 18.4. The molecule has 7 heteroatoms. The van der Waals surface area contributed by atoms with Gasteiger partial charge >= 0.3 is 0 Å². The molecule has 1 aliphatic heterocycles. The lowest BCUT2D eigenvalue weighted by Gasteiger charge is -2.27. The number of nitrogens with zero attached hydrogens (tertiary/aromatic N) is 3. The maximum absolute atomic E-state index is 12.8. The SMILES string of the molecule is Cc1ncc(C(=O)N2CCOCC2)c(CCNC(=O)c2ccccc2)n1. The Morgan fingerprint density at radius 1 is 1.19 bits per heavy atom. The quantitative estimate of drug-likeness (QED) is 0.873. The smallest absolute Gasteiger partial charge is 0.257 e. The van der Waals surface area contributed by atoms with Gasteiger partial charge in [-0.1, -0.05) is 18.2 Å². The lowest BCUT2D eigenvalue weighted by molar-refractivity contribution is 0.0301. The minimum atomic E-state index is -0.141. The number of amides is 2. The van der Waals surface area contributed by atoms with E-state index in [0.717, 1.165) is 0 Å². The Morgan fingerprint density at radius 3 is 2.65 bits per heavy atom. The summed E-state index contributed by atoms with van der Waals surface area (Å²) in [5.74, 6) is 0.378. The number of nitrogens with one attached hydrogen (secondary N) is 1. The number of hydrogen-bond acceptors (Lipinski definition) is 5. The van der Waals surface area contributed by atoms with Crippen LogP contribution in [0.5, 0.6) is 0 Å². The molecule has 0 saturated carbocycles. The third-order valence-corrected chi connectivity index (χ3v) is 4.20. The average Bonchev–Trinajstić information content (AvgIpc) is 2.69. The maximum atomic E-state index is 12.8. The van der Waals surface area contributed by atoms with E-state index in [1.807, 2.05) is 18.2 Å². The van der Waals surface area contributed by atoms with Crippen molar-refractivity contribution in [3.8, 4) is 0 Å². The Labute approximate surface area is 152 Å². The van der Waals surface area contributed by atoms with Crippen molar-refractivity contribution < 1.29 is 14.3 Å². The summed E-state index contributed by atoms with van der Waals surface area (Å²) in [5, 5.41) is 2.87. The highest BCUT2D eigenvalue weighted by Gasteiger charge is 2.22. The first-order valence-electron chi connectivity index (χ1n) is 8.68. The van der Waals surface area contributed by atoms with E-state index in [-0.39, 0.29) is 11.8 Å². The molecule has 1 saturated heterocycles. The molecule has 1 aliphatic rings. The van der Waals surface area contributed by atoms with E-state index in [1.165, 1.54) is 0 Å². The van der Waals surface area contributed by atoms with Gasteiger partial charge < -0.3 is 15.0 Å². The van der Waals surface area contributed by atoms with Gasteiger partial charge in [0.1, 0.15) is 5.82 Å². The van der Waals surface area contributed by atoms with Crippen LogP contribution in [0.25, 0.3) is 0 Å². The predicted molar refractivity (Wildman–Crippen MR) is 96.0 cm³/mol. The molecule has 26 heavy (non-hydrogen) atoms. The van der Waals surface area contributed by atoms with Crippen LogP contribution in [0, 0.1) is 6.92 Å². The van der Waals surface area contributed by atoms with Crippen molar-refractivity contribution in [3.63, 3.8) is 0 Å². The van der Waals surface area contributed by atoms with Gasteiger partial charge in [-0.05, 0) is 19.1 Å². The number of carbonyl (C=O) groups is 2. The highest BCUT2D eigenvalue weighted by atomic mass is 16.5. The second kappa shape index (κ2) is 8.53. The summed E-state index contributed by atoms with van der Waals surface area (Å²) in [4.78, 5) is 35.2. The maximum Gasteiger partial charge on any atom is 0.257 e.